The quantitative estimate of drug-likeness (QED) is 0.677. The number of aromatic amines is 1. The van der Waals surface area contributed by atoms with E-state index in [1.165, 1.54) is 19.3 Å². The highest BCUT2D eigenvalue weighted by molar-refractivity contribution is 5.69. The van der Waals surface area contributed by atoms with Gasteiger partial charge in [0.05, 0.1) is 0 Å². The molecule has 70 valence electrons. The maximum atomic E-state index is 10.4. The summed E-state index contributed by atoms with van der Waals surface area (Å²) in [5.74, 6) is 0.961. The fraction of sp³-hybridized carbons (Fsp3) is 0.625. The monoisotopic (exact) mass is 180 g/mol. The first-order valence-electron chi connectivity index (χ1n) is 4.52. The normalized spacial score (nSPS) is 17.4. The summed E-state index contributed by atoms with van der Waals surface area (Å²) in [6.07, 6.45) is 4.33. The number of aldehydes is 1. The molecule has 1 aromatic rings. The number of carbonyl (C=O) groups is 1. The Morgan fingerprint density at radius 3 is 2.69 bits per heavy atom. The van der Waals surface area contributed by atoms with Crippen molar-refractivity contribution >= 4 is 12.2 Å². The SMILES string of the molecule is O=Cc1nc(N2CCCCC2)n[nH]1. The Kier molecular flexibility index (Phi) is 2.25. The zero-order valence-corrected chi connectivity index (χ0v) is 7.36. The van der Waals surface area contributed by atoms with Crippen LogP contribution < -0.4 is 4.90 Å². The molecular formula is C8H12N4O. The number of hydrogen-bond acceptors (Lipinski definition) is 4. The van der Waals surface area contributed by atoms with Gasteiger partial charge in [-0.1, -0.05) is 0 Å². The van der Waals surface area contributed by atoms with Crippen molar-refractivity contribution in [3.05, 3.63) is 5.82 Å². The molecule has 1 saturated heterocycles. The molecule has 0 unspecified atom stereocenters. The van der Waals surface area contributed by atoms with Gasteiger partial charge < -0.3 is 4.90 Å². The van der Waals surface area contributed by atoms with Gasteiger partial charge in [-0.2, -0.15) is 4.98 Å². The molecule has 0 bridgehead atoms. The van der Waals surface area contributed by atoms with Crippen LogP contribution in [0.3, 0.4) is 0 Å². The average molecular weight is 180 g/mol. The number of piperidine rings is 1. The standard InChI is InChI=1S/C8H12N4O/c13-6-7-9-8(11-10-7)12-4-2-1-3-5-12/h6H,1-5H2,(H,9,10,11). The minimum Gasteiger partial charge on any atom is -0.340 e. The Morgan fingerprint density at radius 1 is 1.31 bits per heavy atom. The van der Waals surface area contributed by atoms with E-state index >= 15 is 0 Å². The molecule has 0 aromatic carbocycles. The van der Waals surface area contributed by atoms with Gasteiger partial charge in [-0.25, -0.2) is 0 Å². The number of H-pyrrole nitrogens is 1. The smallest absolute Gasteiger partial charge is 0.245 e. The Hall–Kier alpha value is -1.39. The zero-order valence-electron chi connectivity index (χ0n) is 7.36. The molecule has 2 rings (SSSR count). The van der Waals surface area contributed by atoms with E-state index in [1.54, 1.807) is 0 Å². The van der Waals surface area contributed by atoms with E-state index in [2.05, 4.69) is 20.1 Å². The Morgan fingerprint density at radius 2 is 2.08 bits per heavy atom. The van der Waals surface area contributed by atoms with E-state index in [0.717, 1.165) is 13.1 Å². The Labute approximate surface area is 76.2 Å². The van der Waals surface area contributed by atoms with Crippen LogP contribution in [0.2, 0.25) is 0 Å². The van der Waals surface area contributed by atoms with Crippen molar-refractivity contribution < 1.29 is 4.79 Å². The van der Waals surface area contributed by atoms with Gasteiger partial charge in [0.25, 0.3) is 0 Å². The molecule has 1 fully saturated rings. The van der Waals surface area contributed by atoms with E-state index in [9.17, 15) is 4.79 Å². The van der Waals surface area contributed by atoms with Gasteiger partial charge >= 0.3 is 0 Å². The molecule has 0 spiro atoms. The van der Waals surface area contributed by atoms with Crippen molar-refractivity contribution in [2.75, 3.05) is 18.0 Å². The van der Waals surface area contributed by atoms with E-state index in [-0.39, 0.29) is 0 Å². The largest absolute Gasteiger partial charge is 0.340 e. The number of anilines is 1. The number of nitrogens with zero attached hydrogens (tertiary/aromatic N) is 3. The van der Waals surface area contributed by atoms with Crippen LogP contribution in [0.5, 0.6) is 0 Å². The van der Waals surface area contributed by atoms with Crippen LogP contribution in [0.25, 0.3) is 0 Å². The molecule has 1 aliphatic heterocycles. The third-order valence-electron chi connectivity index (χ3n) is 2.24. The predicted molar refractivity (Wildman–Crippen MR) is 47.8 cm³/mol. The lowest BCUT2D eigenvalue weighted by Crippen LogP contribution is -2.30. The first-order chi connectivity index (χ1) is 6.40. The van der Waals surface area contributed by atoms with Crippen LogP contribution in [0, 0.1) is 0 Å². The number of hydrogen-bond donors (Lipinski definition) is 1. The molecule has 2 heterocycles. The molecule has 5 heteroatoms. The Bertz CT molecular complexity index is 290. The number of nitrogens with one attached hydrogen (secondary N) is 1. The first kappa shape index (κ1) is 8.22. The van der Waals surface area contributed by atoms with Gasteiger partial charge in [-0.05, 0) is 19.3 Å². The molecule has 0 atom stereocenters. The van der Waals surface area contributed by atoms with Crippen LogP contribution in [0.15, 0.2) is 0 Å². The highest BCUT2D eigenvalue weighted by atomic mass is 16.1. The number of aromatic nitrogens is 3. The van der Waals surface area contributed by atoms with Crippen molar-refractivity contribution in [1.29, 1.82) is 0 Å². The van der Waals surface area contributed by atoms with Crippen LogP contribution in [-0.4, -0.2) is 34.6 Å². The highest BCUT2D eigenvalue weighted by Gasteiger charge is 2.14. The third-order valence-corrected chi connectivity index (χ3v) is 2.24. The second kappa shape index (κ2) is 3.55. The van der Waals surface area contributed by atoms with Gasteiger partial charge in [0.1, 0.15) is 0 Å². The Balaban J connectivity index is 2.09. The summed E-state index contributed by atoms with van der Waals surface area (Å²) in [6.45, 7) is 1.99. The van der Waals surface area contributed by atoms with Gasteiger partial charge in [-0.15, -0.1) is 5.10 Å². The van der Waals surface area contributed by atoms with Crippen LogP contribution in [-0.2, 0) is 0 Å². The van der Waals surface area contributed by atoms with Crippen molar-refractivity contribution in [2.24, 2.45) is 0 Å². The summed E-state index contributed by atoms with van der Waals surface area (Å²) in [5.41, 5.74) is 0. The molecule has 0 aliphatic carbocycles. The maximum Gasteiger partial charge on any atom is 0.245 e. The maximum absolute atomic E-state index is 10.4. The van der Waals surface area contributed by atoms with Crippen LogP contribution in [0.4, 0.5) is 5.95 Å². The molecule has 0 saturated carbocycles. The summed E-state index contributed by atoms with van der Waals surface area (Å²) >= 11 is 0. The van der Waals surface area contributed by atoms with Gasteiger partial charge in [0.2, 0.25) is 5.95 Å². The van der Waals surface area contributed by atoms with Crippen molar-refractivity contribution in [2.45, 2.75) is 19.3 Å². The minimum absolute atomic E-state index is 0.306. The van der Waals surface area contributed by atoms with Crippen LogP contribution >= 0.6 is 0 Å². The zero-order chi connectivity index (χ0) is 9.10. The summed E-state index contributed by atoms with van der Waals surface area (Å²) in [4.78, 5) is 16.5. The van der Waals surface area contributed by atoms with E-state index in [4.69, 9.17) is 0 Å². The summed E-state index contributed by atoms with van der Waals surface area (Å²) in [5, 5.41) is 6.55. The second-order valence-corrected chi connectivity index (χ2v) is 3.19. The lowest BCUT2D eigenvalue weighted by molar-refractivity contribution is 0.111. The lowest BCUT2D eigenvalue weighted by Gasteiger charge is -2.24. The lowest BCUT2D eigenvalue weighted by atomic mass is 10.1. The number of carbonyl (C=O) groups excluding carboxylic acids is 1. The predicted octanol–water partition coefficient (Wildman–Crippen LogP) is 0.607. The van der Waals surface area contributed by atoms with Crippen molar-refractivity contribution in [3.8, 4) is 0 Å². The third kappa shape index (κ3) is 1.68. The van der Waals surface area contributed by atoms with E-state index in [1.807, 2.05) is 0 Å². The summed E-state index contributed by atoms with van der Waals surface area (Å²) < 4.78 is 0. The molecule has 1 aromatic heterocycles. The molecule has 13 heavy (non-hydrogen) atoms. The highest BCUT2D eigenvalue weighted by Crippen LogP contribution is 2.14. The van der Waals surface area contributed by atoms with Crippen molar-refractivity contribution in [3.63, 3.8) is 0 Å². The minimum atomic E-state index is 0.306. The van der Waals surface area contributed by atoms with Gasteiger partial charge in [0.15, 0.2) is 12.1 Å². The molecule has 0 radical (unpaired) electrons. The molecular weight excluding hydrogens is 168 g/mol. The molecule has 0 amide bonds. The molecule has 5 nitrogen and oxygen atoms in total. The number of rotatable bonds is 2. The topological polar surface area (TPSA) is 61.9 Å². The summed E-state index contributed by atoms with van der Waals surface area (Å²) in [7, 11) is 0. The molecule has 1 N–H and O–H groups in total. The van der Waals surface area contributed by atoms with Crippen molar-refractivity contribution in [1.82, 2.24) is 15.2 Å². The van der Waals surface area contributed by atoms with E-state index < -0.39 is 0 Å². The summed E-state index contributed by atoms with van der Waals surface area (Å²) in [6, 6.07) is 0. The van der Waals surface area contributed by atoms with Gasteiger partial charge in [-0.3, -0.25) is 9.89 Å². The first-order valence-corrected chi connectivity index (χ1v) is 4.52. The second-order valence-electron chi connectivity index (χ2n) is 3.19. The average Bonchev–Trinajstić information content (AvgIpc) is 2.67. The molecule has 1 aliphatic rings. The van der Waals surface area contributed by atoms with Crippen LogP contribution in [0.1, 0.15) is 29.9 Å². The fourth-order valence-electron chi connectivity index (χ4n) is 1.55. The van der Waals surface area contributed by atoms with E-state index in [0.29, 0.717) is 18.1 Å². The van der Waals surface area contributed by atoms with Gasteiger partial charge in [0, 0.05) is 13.1 Å². The fourth-order valence-corrected chi connectivity index (χ4v) is 1.55.